The maximum atomic E-state index is 13.0. The molecule has 3 heterocycles. The van der Waals surface area contributed by atoms with E-state index >= 15 is 0 Å². The molecule has 1 aromatic heterocycles. The van der Waals surface area contributed by atoms with E-state index in [1.165, 1.54) is 11.3 Å². The second-order valence-electron chi connectivity index (χ2n) is 7.55. The average molecular weight is 386 g/mol. The number of carbonyl (C=O) groups is 1. The summed E-state index contributed by atoms with van der Waals surface area (Å²) in [5.74, 6) is 0.555. The number of imidazole rings is 1. The molecule has 0 radical (unpaired) electrons. The zero-order valence-corrected chi connectivity index (χ0v) is 17.1. The molecule has 0 unspecified atom stereocenters. The number of nitrogens with zero attached hydrogens (tertiary/aromatic N) is 3. The fraction of sp³-hybridized carbons (Fsp3) is 0.524. The van der Waals surface area contributed by atoms with E-state index in [1.807, 2.05) is 30.0 Å². The molecule has 0 saturated carbocycles. The SMILES string of the molecule is Cc1nc(SCC(=O)N2c3ccccc3C[C@H]2C)n(C[C@@H]2CCCO2)c1C. The van der Waals surface area contributed by atoms with E-state index in [9.17, 15) is 4.79 Å². The lowest BCUT2D eigenvalue weighted by Gasteiger charge is -2.22. The van der Waals surface area contributed by atoms with Crippen molar-refractivity contribution in [1.82, 2.24) is 9.55 Å². The lowest BCUT2D eigenvalue weighted by Crippen LogP contribution is -2.37. The molecule has 144 valence electrons. The van der Waals surface area contributed by atoms with Crippen LogP contribution in [-0.4, -0.2) is 40.0 Å². The van der Waals surface area contributed by atoms with Gasteiger partial charge in [0.25, 0.3) is 0 Å². The van der Waals surface area contributed by atoms with Gasteiger partial charge in [0.05, 0.1) is 24.1 Å². The highest BCUT2D eigenvalue weighted by Crippen LogP contribution is 2.33. The van der Waals surface area contributed by atoms with Crippen LogP contribution >= 0.6 is 11.8 Å². The highest BCUT2D eigenvalue weighted by Gasteiger charge is 2.30. The number of benzene rings is 1. The first-order valence-electron chi connectivity index (χ1n) is 9.72. The largest absolute Gasteiger partial charge is 0.376 e. The zero-order chi connectivity index (χ0) is 19.0. The number of anilines is 1. The molecule has 2 aliphatic rings. The monoisotopic (exact) mass is 385 g/mol. The molecule has 0 spiro atoms. The molecule has 27 heavy (non-hydrogen) atoms. The Morgan fingerprint density at radius 3 is 2.93 bits per heavy atom. The van der Waals surface area contributed by atoms with Crippen molar-refractivity contribution < 1.29 is 9.53 Å². The molecule has 1 saturated heterocycles. The predicted molar refractivity (Wildman–Crippen MR) is 108 cm³/mol. The van der Waals surface area contributed by atoms with Gasteiger partial charge in [-0.05, 0) is 51.7 Å². The first kappa shape index (κ1) is 18.6. The average Bonchev–Trinajstić information content (AvgIpc) is 3.34. The minimum absolute atomic E-state index is 0.152. The van der Waals surface area contributed by atoms with Crippen LogP contribution in [0.25, 0.3) is 0 Å². The van der Waals surface area contributed by atoms with Crippen LogP contribution in [0.1, 0.15) is 36.7 Å². The van der Waals surface area contributed by atoms with Gasteiger partial charge < -0.3 is 14.2 Å². The summed E-state index contributed by atoms with van der Waals surface area (Å²) >= 11 is 1.54. The number of thioether (sulfide) groups is 1. The Labute approximate surface area is 165 Å². The number of para-hydroxylation sites is 1. The maximum absolute atomic E-state index is 13.0. The highest BCUT2D eigenvalue weighted by molar-refractivity contribution is 7.99. The molecule has 1 amide bonds. The standard InChI is InChI=1S/C21H27N3O2S/c1-14-11-17-7-4-5-9-19(17)24(14)20(25)13-27-21-22-15(2)16(3)23(21)12-18-8-6-10-26-18/h4-5,7,9,14,18H,6,8,10-13H2,1-3H3/t14-,18+/m1/s1. The molecule has 6 heteroatoms. The molecule has 0 bridgehead atoms. The summed E-state index contributed by atoms with van der Waals surface area (Å²) in [5.41, 5.74) is 4.52. The predicted octanol–water partition coefficient (Wildman–Crippen LogP) is 3.75. The molecule has 4 rings (SSSR count). The summed E-state index contributed by atoms with van der Waals surface area (Å²) in [7, 11) is 0. The fourth-order valence-electron chi connectivity index (χ4n) is 4.08. The summed E-state index contributed by atoms with van der Waals surface area (Å²) in [4.78, 5) is 19.7. The number of fused-ring (bicyclic) bond motifs is 1. The lowest BCUT2D eigenvalue weighted by molar-refractivity contribution is -0.116. The van der Waals surface area contributed by atoms with E-state index < -0.39 is 0 Å². The van der Waals surface area contributed by atoms with Gasteiger partial charge in [-0.1, -0.05) is 30.0 Å². The Morgan fingerprint density at radius 1 is 1.33 bits per heavy atom. The van der Waals surface area contributed by atoms with Crippen molar-refractivity contribution in [2.75, 3.05) is 17.3 Å². The molecule has 2 atom stereocenters. The first-order valence-corrected chi connectivity index (χ1v) is 10.7. The Kier molecular flexibility index (Phi) is 5.28. The Hall–Kier alpha value is -1.79. The molecule has 2 aliphatic heterocycles. The number of rotatable bonds is 5. The van der Waals surface area contributed by atoms with Gasteiger partial charge in [-0.2, -0.15) is 0 Å². The van der Waals surface area contributed by atoms with Crippen molar-refractivity contribution in [3.8, 4) is 0 Å². The number of hydrogen-bond acceptors (Lipinski definition) is 4. The van der Waals surface area contributed by atoms with Crippen LogP contribution in [0.2, 0.25) is 0 Å². The normalized spacial score (nSPS) is 21.7. The number of aryl methyl sites for hydroxylation is 1. The molecule has 2 aromatic rings. The topological polar surface area (TPSA) is 47.4 Å². The van der Waals surface area contributed by atoms with Crippen molar-refractivity contribution in [2.45, 2.75) is 63.9 Å². The smallest absolute Gasteiger partial charge is 0.237 e. The molecule has 5 nitrogen and oxygen atoms in total. The van der Waals surface area contributed by atoms with E-state index in [0.29, 0.717) is 5.75 Å². The fourth-order valence-corrected chi connectivity index (χ4v) is 5.04. The zero-order valence-electron chi connectivity index (χ0n) is 16.3. The van der Waals surface area contributed by atoms with Gasteiger partial charge >= 0.3 is 0 Å². The quantitative estimate of drug-likeness (QED) is 0.736. The molecule has 1 aromatic carbocycles. The Bertz CT molecular complexity index is 842. The lowest BCUT2D eigenvalue weighted by atomic mass is 10.1. The van der Waals surface area contributed by atoms with E-state index in [2.05, 4.69) is 24.5 Å². The second kappa shape index (κ2) is 7.68. The minimum atomic E-state index is 0.152. The highest BCUT2D eigenvalue weighted by atomic mass is 32.2. The molecular weight excluding hydrogens is 358 g/mol. The van der Waals surface area contributed by atoms with Crippen LogP contribution in [0.5, 0.6) is 0 Å². The van der Waals surface area contributed by atoms with Gasteiger partial charge in [0.1, 0.15) is 0 Å². The van der Waals surface area contributed by atoms with Crippen LogP contribution < -0.4 is 4.90 Å². The van der Waals surface area contributed by atoms with Crippen molar-refractivity contribution >= 4 is 23.4 Å². The molecule has 0 N–H and O–H groups in total. The van der Waals surface area contributed by atoms with Crippen molar-refractivity contribution in [2.24, 2.45) is 0 Å². The number of ether oxygens (including phenoxy) is 1. The van der Waals surface area contributed by atoms with Crippen LogP contribution in [0.4, 0.5) is 5.69 Å². The first-order chi connectivity index (χ1) is 13.0. The minimum Gasteiger partial charge on any atom is -0.376 e. The second-order valence-corrected chi connectivity index (χ2v) is 8.49. The number of amides is 1. The molecular formula is C21H27N3O2S. The van der Waals surface area contributed by atoms with Gasteiger partial charge in [0.15, 0.2) is 5.16 Å². The molecule has 1 fully saturated rings. The van der Waals surface area contributed by atoms with Crippen LogP contribution in [-0.2, 0) is 22.5 Å². The summed E-state index contributed by atoms with van der Waals surface area (Å²) < 4.78 is 8.03. The van der Waals surface area contributed by atoms with Crippen molar-refractivity contribution in [3.63, 3.8) is 0 Å². The third-order valence-electron chi connectivity index (χ3n) is 5.63. The van der Waals surface area contributed by atoms with Crippen molar-refractivity contribution in [1.29, 1.82) is 0 Å². The third kappa shape index (κ3) is 3.65. The van der Waals surface area contributed by atoms with Gasteiger partial charge in [-0.15, -0.1) is 0 Å². The summed E-state index contributed by atoms with van der Waals surface area (Å²) in [6.45, 7) is 7.93. The summed E-state index contributed by atoms with van der Waals surface area (Å²) in [6.07, 6.45) is 3.42. The Morgan fingerprint density at radius 2 is 2.15 bits per heavy atom. The summed E-state index contributed by atoms with van der Waals surface area (Å²) in [6, 6.07) is 8.43. The van der Waals surface area contributed by atoms with E-state index in [-0.39, 0.29) is 18.1 Å². The van der Waals surface area contributed by atoms with Gasteiger partial charge in [-0.25, -0.2) is 4.98 Å². The van der Waals surface area contributed by atoms with Gasteiger partial charge in [0, 0.05) is 24.0 Å². The third-order valence-corrected chi connectivity index (χ3v) is 6.59. The maximum Gasteiger partial charge on any atom is 0.237 e. The number of aromatic nitrogens is 2. The summed E-state index contributed by atoms with van der Waals surface area (Å²) in [5, 5.41) is 0.925. The van der Waals surface area contributed by atoms with Crippen LogP contribution in [0.3, 0.4) is 0 Å². The van der Waals surface area contributed by atoms with E-state index in [4.69, 9.17) is 9.72 Å². The van der Waals surface area contributed by atoms with Crippen LogP contribution in [0, 0.1) is 13.8 Å². The van der Waals surface area contributed by atoms with E-state index in [1.54, 1.807) is 11.8 Å². The van der Waals surface area contributed by atoms with Gasteiger partial charge in [-0.3, -0.25) is 4.79 Å². The van der Waals surface area contributed by atoms with Gasteiger partial charge in [0.2, 0.25) is 5.91 Å². The van der Waals surface area contributed by atoms with Crippen molar-refractivity contribution in [3.05, 3.63) is 41.2 Å². The molecule has 0 aliphatic carbocycles. The van der Waals surface area contributed by atoms with Crippen LogP contribution in [0.15, 0.2) is 29.4 Å². The number of carbonyl (C=O) groups excluding carboxylic acids is 1. The number of hydrogen-bond donors (Lipinski definition) is 0. The van der Waals surface area contributed by atoms with E-state index in [0.717, 1.165) is 49.0 Å². The Balaban J connectivity index is 1.47.